The van der Waals surface area contributed by atoms with Crippen molar-refractivity contribution in [1.29, 1.82) is 0 Å². The van der Waals surface area contributed by atoms with Gasteiger partial charge in [-0.2, -0.15) is 11.8 Å². The van der Waals surface area contributed by atoms with Gasteiger partial charge in [-0.05, 0) is 51.0 Å². The Morgan fingerprint density at radius 3 is 2.53 bits per heavy atom. The molecule has 0 spiro atoms. The number of ether oxygens (including phenoxy) is 1. The molecule has 1 aromatic carbocycles. The smallest absolute Gasteiger partial charge is 0.251 e. The molecule has 0 unspecified atom stereocenters. The Labute approximate surface area is 182 Å². The van der Waals surface area contributed by atoms with Crippen LogP contribution in [0.5, 0.6) is 5.75 Å². The highest BCUT2D eigenvalue weighted by Gasteiger charge is 2.40. The van der Waals surface area contributed by atoms with Crippen molar-refractivity contribution < 1.29 is 14.1 Å². The monoisotopic (exact) mass is 429 g/mol. The van der Waals surface area contributed by atoms with Crippen molar-refractivity contribution in [2.24, 2.45) is 0 Å². The number of carbonyl (C=O) groups is 1. The molecule has 1 aliphatic carbocycles. The molecule has 1 N–H and O–H groups in total. The van der Waals surface area contributed by atoms with Gasteiger partial charge in [-0.15, -0.1) is 0 Å². The van der Waals surface area contributed by atoms with Gasteiger partial charge in [0, 0.05) is 42.2 Å². The van der Waals surface area contributed by atoms with Crippen LogP contribution in [-0.2, 0) is 6.61 Å². The molecule has 1 aliphatic heterocycles. The lowest BCUT2D eigenvalue weighted by Gasteiger charge is -2.43. The minimum absolute atomic E-state index is 0.00932. The lowest BCUT2D eigenvalue weighted by atomic mass is 9.94. The molecule has 1 amide bonds. The largest absolute Gasteiger partial charge is 0.489 e. The summed E-state index contributed by atoms with van der Waals surface area (Å²) in [4.78, 5) is 15.4. The quantitative estimate of drug-likeness (QED) is 0.719. The van der Waals surface area contributed by atoms with E-state index in [4.69, 9.17) is 9.26 Å². The van der Waals surface area contributed by atoms with Gasteiger partial charge in [0.15, 0.2) is 0 Å². The predicted molar refractivity (Wildman–Crippen MR) is 119 cm³/mol. The molecule has 7 heteroatoms. The lowest BCUT2D eigenvalue weighted by molar-refractivity contribution is 0.0817. The predicted octanol–water partition coefficient (Wildman–Crippen LogP) is 3.96. The van der Waals surface area contributed by atoms with Crippen LogP contribution in [0, 0.1) is 13.8 Å². The van der Waals surface area contributed by atoms with Gasteiger partial charge in [-0.1, -0.05) is 18.0 Å². The number of hydrogen-bond acceptors (Lipinski definition) is 6. The van der Waals surface area contributed by atoms with Crippen LogP contribution < -0.4 is 10.1 Å². The number of thioether (sulfide) groups is 1. The summed E-state index contributed by atoms with van der Waals surface area (Å²) in [6, 6.07) is 7.36. The van der Waals surface area contributed by atoms with Gasteiger partial charge >= 0.3 is 0 Å². The topological polar surface area (TPSA) is 67.6 Å². The lowest BCUT2D eigenvalue weighted by Crippen LogP contribution is -2.56. The van der Waals surface area contributed by atoms with Crippen molar-refractivity contribution in [2.75, 3.05) is 31.1 Å². The molecule has 2 aromatic rings. The number of carbonyl (C=O) groups excluding carboxylic acids is 1. The number of aromatic nitrogens is 1. The fourth-order valence-electron chi connectivity index (χ4n) is 4.59. The highest BCUT2D eigenvalue weighted by atomic mass is 32.2. The first-order chi connectivity index (χ1) is 14.6. The van der Waals surface area contributed by atoms with E-state index < -0.39 is 0 Å². The first kappa shape index (κ1) is 21.2. The van der Waals surface area contributed by atoms with E-state index in [9.17, 15) is 4.79 Å². The van der Waals surface area contributed by atoms with Crippen LogP contribution in [0.2, 0.25) is 0 Å². The average molecular weight is 430 g/mol. The Morgan fingerprint density at radius 2 is 1.90 bits per heavy atom. The Kier molecular flexibility index (Phi) is 6.68. The zero-order valence-corrected chi connectivity index (χ0v) is 18.7. The van der Waals surface area contributed by atoms with Gasteiger partial charge < -0.3 is 14.6 Å². The third-order valence-corrected chi connectivity index (χ3v) is 7.42. The van der Waals surface area contributed by atoms with E-state index in [1.54, 1.807) is 0 Å². The second kappa shape index (κ2) is 9.43. The average Bonchev–Trinajstić information content (AvgIpc) is 3.39. The van der Waals surface area contributed by atoms with Crippen molar-refractivity contribution in [2.45, 2.75) is 51.7 Å². The molecule has 30 heavy (non-hydrogen) atoms. The fourth-order valence-corrected chi connectivity index (χ4v) is 5.49. The maximum absolute atomic E-state index is 12.8. The van der Waals surface area contributed by atoms with E-state index in [2.05, 4.69) is 15.4 Å². The van der Waals surface area contributed by atoms with Crippen molar-refractivity contribution in [3.63, 3.8) is 0 Å². The first-order valence-electron chi connectivity index (χ1n) is 10.8. The standard InChI is InChI=1S/C23H31N3O3S/c1-17-21(18(2)29-25-17)15-28-20-7-5-19(6-8-20)22(27)24-16-23(9-3-4-10-23)26-11-13-30-14-12-26/h5-8H,3-4,9-16H2,1-2H3,(H,24,27). The minimum atomic E-state index is -0.00932. The molecule has 0 bridgehead atoms. The number of rotatable bonds is 7. The summed E-state index contributed by atoms with van der Waals surface area (Å²) in [6.45, 7) is 7.20. The molecule has 2 fully saturated rings. The summed E-state index contributed by atoms with van der Waals surface area (Å²) in [5.74, 6) is 3.89. The van der Waals surface area contributed by atoms with Gasteiger partial charge in [-0.25, -0.2) is 0 Å². The van der Waals surface area contributed by atoms with E-state index in [0.29, 0.717) is 12.2 Å². The second-order valence-corrected chi connectivity index (χ2v) is 9.55. The molecule has 1 aromatic heterocycles. The van der Waals surface area contributed by atoms with Crippen LogP contribution in [0.15, 0.2) is 28.8 Å². The molecule has 6 nitrogen and oxygen atoms in total. The second-order valence-electron chi connectivity index (χ2n) is 8.33. The van der Waals surface area contributed by atoms with Crippen LogP contribution in [0.25, 0.3) is 0 Å². The SMILES string of the molecule is Cc1noc(C)c1COc1ccc(C(=O)NCC2(N3CCSCC3)CCCC2)cc1. The van der Waals surface area contributed by atoms with E-state index in [1.807, 2.05) is 49.9 Å². The highest BCUT2D eigenvalue weighted by molar-refractivity contribution is 7.99. The van der Waals surface area contributed by atoms with Crippen molar-refractivity contribution >= 4 is 17.7 Å². The van der Waals surface area contributed by atoms with Gasteiger partial charge in [0.1, 0.15) is 18.1 Å². The molecule has 2 aliphatic rings. The number of aryl methyl sites for hydroxylation is 2. The third kappa shape index (κ3) is 4.67. The van der Waals surface area contributed by atoms with Crippen LogP contribution in [-0.4, -0.2) is 52.6 Å². The summed E-state index contributed by atoms with van der Waals surface area (Å²) < 4.78 is 11.0. The van der Waals surface area contributed by atoms with Gasteiger partial charge in [0.25, 0.3) is 5.91 Å². The summed E-state index contributed by atoms with van der Waals surface area (Å²) >= 11 is 2.03. The Balaban J connectivity index is 1.33. The van der Waals surface area contributed by atoms with Crippen molar-refractivity contribution in [3.05, 3.63) is 46.8 Å². The zero-order valence-electron chi connectivity index (χ0n) is 17.9. The molecule has 1 saturated carbocycles. The molecule has 1 saturated heterocycles. The van der Waals surface area contributed by atoms with E-state index >= 15 is 0 Å². The number of hydrogen-bond donors (Lipinski definition) is 1. The molecule has 0 radical (unpaired) electrons. The summed E-state index contributed by atoms with van der Waals surface area (Å²) in [5.41, 5.74) is 2.63. The minimum Gasteiger partial charge on any atom is -0.489 e. The van der Waals surface area contributed by atoms with Gasteiger partial charge in [0.05, 0.1) is 11.3 Å². The fraction of sp³-hybridized carbons (Fsp3) is 0.565. The first-order valence-corrected chi connectivity index (χ1v) is 12.0. The Bertz CT molecular complexity index is 834. The molecule has 162 valence electrons. The van der Waals surface area contributed by atoms with E-state index in [0.717, 1.165) is 42.4 Å². The normalized spacial score (nSPS) is 19.0. The van der Waals surface area contributed by atoms with Crippen LogP contribution in [0.3, 0.4) is 0 Å². The third-order valence-electron chi connectivity index (χ3n) is 6.48. The molecule has 2 heterocycles. The number of nitrogens with zero attached hydrogens (tertiary/aromatic N) is 2. The van der Waals surface area contributed by atoms with Gasteiger partial charge in [-0.3, -0.25) is 9.69 Å². The number of nitrogens with one attached hydrogen (secondary N) is 1. The summed E-state index contributed by atoms with van der Waals surface area (Å²) in [6.07, 6.45) is 4.90. The summed E-state index contributed by atoms with van der Waals surface area (Å²) in [7, 11) is 0. The maximum Gasteiger partial charge on any atom is 0.251 e. The zero-order chi connectivity index (χ0) is 21.0. The van der Waals surface area contributed by atoms with Gasteiger partial charge in [0.2, 0.25) is 0 Å². The highest BCUT2D eigenvalue weighted by Crippen LogP contribution is 2.36. The van der Waals surface area contributed by atoms with Crippen LogP contribution in [0.4, 0.5) is 0 Å². The number of benzene rings is 1. The van der Waals surface area contributed by atoms with E-state index in [1.165, 1.54) is 37.2 Å². The Hall–Kier alpha value is -1.99. The molecule has 0 atom stereocenters. The van der Waals surface area contributed by atoms with Crippen LogP contribution >= 0.6 is 11.8 Å². The van der Waals surface area contributed by atoms with Crippen molar-refractivity contribution in [3.8, 4) is 5.75 Å². The van der Waals surface area contributed by atoms with E-state index in [-0.39, 0.29) is 11.4 Å². The number of amides is 1. The molecular formula is C23H31N3O3S. The Morgan fingerprint density at radius 1 is 1.20 bits per heavy atom. The molecule has 4 rings (SSSR count). The molecular weight excluding hydrogens is 398 g/mol. The summed E-state index contributed by atoms with van der Waals surface area (Å²) in [5, 5.41) is 7.16. The van der Waals surface area contributed by atoms with Crippen LogP contribution in [0.1, 0.15) is 53.1 Å². The maximum atomic E-state index is 12.8. The van der Waals surface area contributed by atoms with Crippen molar-refractivity contribution in [1.82, 2.24) is 15.4 Å².